The molecule has 0 aliphatic carbocycles. The molecule has 1 saturated heterocycles. The third-order valence-corrected chi connectivity index (χ3v) is 5.50. The lowest BCUT2D eigenvalue weighted by molar-refractivity contribution is -0.0328. The van der Waals surface area contributed by atoms with Gasteiger partial charge in [0.25, 0.3) is 0 Å². The quantitative estimate of drug-likeness (QED) is 0.654. The van der Waals surface area contributed by atoms with E-state index in [9.17, 15) is 18.3 Å². The van der Waals surface area contributed by atoms with Crippen molar-refractivity contribution in [2.75, 3.05) is 26.2 Å². The second kappa shape index (κ2) is 10.1. The van der Waals surface area contributed by atoms with E-state index in [1.807, 2.05) is 17.5 Å². The Balaban J connectivity index is 0.00000169. The Bertz CT molecular complexity index is 681. The van der Waals surface area contributed by atoms with Crippen molar-refractivity contribution in [3.8, 4) is 5.75 Å². The highest BCUT2D eigenvalue weighted by atomic mass is 35.5. The van der Waals surface area contributed by atoms with Crippen LogP contribution in [0.15, 0.2) is 40.6 Å². The number of thiophene rings is 1. The van der Waals surface area contributed by atoms with Crippen LogP contribution in [0.5, 0.6) is 5.75 Å². The van der Waals surface area contributed by atoms with Gasteiger partial charge in [0.05, 0.1) is 6.04 Å². The van der Waals surface area contributed by atoms with Crippen LogP contribution in [0.25, 0.3) is 0 Å². The smallest absolute Gasteiger partial charge is 0.446 e. The first kappa shape index (κ1) is 23.4. The number of phenols is 1. The van der Waals surface area contributed by atoms with E-state index >= 15 is 0 Å². The maximum Gasteiger partial charge on any atom is 0.446 e. The summed E-state index contributed by atoms with van der Waals surface area (Å²) in [4.78, 5) is 3.30. The summed E-state index contributed by atoms with van der Waals surface area (Å²) in [5.74, 6) is 0.0263. The van der Waals surface area contributed by atoms with Gasteiger partial charge in [-0.2, -0.15) is 13.2 Å². The number of piperazine rings is 1. The van der Waals surface area contributed by atoms with E-state index in [1.54, 1.807) is 11.3 Å². The Hall–Kier alpha value is -0.640. The molecular weight excluding hydrogens is 428 g/mol. The van der Waals surface area contributed by atoms with E-state index in [-0.39, 0.29) is 53.3 Å². The maximum atomic E-state index is 12.7. The minimum atomic E-state index is -4.35. The fourth-order valence-electron chi connectivity index (χ4n) is 2.87. The van der Waals surface area contributed by atoms with E-state index in [2.05, 4.69) is 10.2 Å². The summed E-state index contributed by atoms with van der Waals surface area (Å²) in [5.41, 5.74) is -3.82. The van der Waals surface area contributed by atoms with Crippen molar-refractivity contribution in [1.29, 1.82) is 0 Å². The van der Waals surface area contributed by atoms with Gasteiger partial charge in [-0.15, -0.1) is 36.2 Å². The van der Waals surface area contributed by atoms with Crippen LogP contribution in [-0.2, 0) is 0 Å². The average Bonchev–Trinajstić information content (AvgIpc) is 3.04. The normalized spacial score (nSPS) is 16.4. The molecule has 1 aromatic carbocycles. The van der Waals surface area contributed by atoms with Crippen molar-refractivity contribution < 1.29 is 18.3 Å². The molecule has 0 unspecified atom stereocenters. The van der Waals surface area contributed by atoms with Gasteiger partial charge in [-0.05, 0) is 41.4 Å². The topological polar surface area (TPSA) is 35.5 Å². The third kappa shape index (κ3) is 5.94. The van der Waals surface area contributed by atoms with Crippen LogP contribution in [0.3, 0.4) is 0 Å². The van der Waals surface area contributed by atoms with Gasteiger partial charge in [0.1, 0.15) is 5.75 Å². The van der Waals surface area contributed by atoms with Crippen molar-refractivity contribution in [2.45, 2.75) is 16.4 Å². The first-order valence-corrected chi connectivity index (χ1v) is 9.20. The lowest BCUT2D eigenvalue weighted by atomic mass is 10.0. The van der Waals surface area contributed by atoms with Crippen molar-refractivity contribution in [1.82, 2.24) is 10.2 Å². The number of thioether (sulfide) groups is 1. The van der Waals surface area contributed by atoms with E-state index in [0.29, 0.717) is 5.56 Å². The summed E-state index contributed by atoms with van der Waals surface area (Å²) < 4.78 is 38.1. The maximum absolute atomic E-state index is 12.7. The molecule has 2 heterocycles. The molecule has 2 N–H and O–H groups in total. The van der Waals surface area contributed by atoms with Crippen molar-refractivity contribution in [3.05, 3.63) is 46.2 Å². The first-order valence-electron chi connectivity index (χ1n) is 7.51. The number of nitrogens with zero attached hydrogens (tertiary/aromatic N) is 1. The Morgan fingerprint density at radius 1 is 1.15 bits per heavy atom. The van der Waals surface area contributed by atoms with Crippen LogP contribution in [0, 0.1) is 0 Å². The summed E-state index contributed by atoms with van der Waals surface area (Å²) >= 11 is 1.39. The molecule has 0 radical (unpaired) electrons. The molecule has 1 aromatic heterocycles. The lowest BCUT2D eigenvalue weighted by Crippen LogP contribution is -2.45. The van der Waals surface area contributed by atoms with Gasteiger partial charge in [0.15, 0.2) is 0 Å². The summed E-state index contributed by atoms with van der Waals surface area (Å²) in [7, 11) is 0. The monoisotopic (exact) mass is 446 g/mol. The number of alkyl halides is 3. The highest BCUT2D eigenvalue weighted by Crippen LogP contribution is 2.42. The number of hydrogen-bond acceptors (Lipinski definition) is 5. The van der Waals surface area contributed by atoms with E-state index in [0.717, 1.165) is 31.1 Å². The van der Waals surface area contributed by atoms with Crippen LogP contribution < -0.4 is 5.32 Å². The second-order valence-electron chi connectivity index (χ2n) is 5.47. The molecule has 0 spiro atoms. The van der Waals surface area contributed by atoms with Crippen molar-refractivity contribution >= 4 is 47.9 Å². The predicted octanol–water partition coefficient (Wildman–Crippen LogP) is 4.90. The van der Waals surface area contributed by atoms with Gasteiger partial charge < -0.3 is 10.4 Å². The van der Waals surface area contributed by atoms with Crippen LogP contribution >= 0.6 is 47.9 Å². The third-order valence-electron chi connectivity index (χ3n) is 3.86. The van der Waals surface area contributed by atoms with Crippen LogP contribution in [0.1, 0.15) is 16.5 Å². The van der Waals surface area contributed by atoms with Crippen LogP contribution in [0.2, 0.25) is 0 Å². The van der Waals surface area contributed by atoms with E-state index < -0.39 is 5.51 Å². The highest BCUT2D eigenvalue weighted by Gasteiger charge is 2.31. The minimum Gasteiger partial charge on any atom is -0.508 e. The Morgan fingerprint density at radius 3 is 2.42 bits per heavy atom. The summed E-state index contributed by atoms with van der Waals surface area (Å²) in [5, 5.41) is 15.5. The molecular formula is C16H19Cl2F3N2OS2. The molecule has 3 rings (SSSR count). The van der Waals surface area contributed by atoms with Gasteiger partial charge in [0, 0.05) is 41.5 Å². The van der Waals surface area contributed by atoms with Gasteiger partial charge in [-0.25, -0.2) is 0 Å². The number of rotatable bonds is 4. The summed E-state index contributed by atoms with van der Waals surface area (Å²) in [6, 6.07) is 7.76. The van der Waals surface area contributed by atoms with Gasteiger partial charge in [-0.1, -0.05) is 6.07 Å². The van der Waals surface area contributed by atoms with Crippen molar-refractivity contribution in [3.63, 3.8) is 0 Å². The standard InChI is InChI=1S/C16H17F3N2OS2.2ClH/c17-16(18,19)24-11-3-4-13(22)12(10-11)15(14-2-1-9-23-14)21-7-5-20-6-8-21;;/h1-4,9-10,15,20,22H,5-8H2;2*1H/t15-;;/m1../s1. The number of hydrogen-bond donors (Lipinski definition) is 2. The molecule has 1 atom stereocenters. The zero-order chi connectivity index (χ0) is 17.2. The average molecular weight is 447 g/mol. The van der Waals surface area contributed by atoms with E-state index in [4.69, 9.17) is 0 Å². The molecule has 10 heteroatoms. The fraction of sp³-hybridized carbons (Fsp3) is 0.375. The Kier molecular flexibility index (Phi) is 9.05. The molecule has 1 aliphatic heterocycles. The Labute approximate surface area is 170 Å². The lowest BCUT2D eigenvalue weighted by Gasteiger charge is -2.35. The number of halogens is 5. The van der Waals surface area contributed by atoms with Gasteiger partial charge >= 0.3 is 5.51 Å². The number of benzene rings is 1. The summed E-state index contributed by atoms with van der Waals surface area (Å²) in [6.45, 7) is 3.19. The molecule has 0 amide bonds. The second-order valence-corrected chi connectivity index (χ2v) is 7.59. The fourth-order valence-corrected chi connectivity index (χ4v) is 4.33. The zero-order valence-electron chi connectivity index (χ0n) is 13.5. The molecule has 0 bridgehead atoms. The molecule has 0 saturated carbocycles. The molecule has 1 fully saturated rings. The highest BCUT2D eigenvalue weighted by molar-refractivity contribution is 8.00. The first-order chi connectivity index (χ1) is 11.4. The summed E-state index contributed by atoms with van der Waals surface area (Å²) in [6.07, 6.45) is 0. The molecule has 146 valence electrons. The van der Waals surface area contributed by atoms with Gasteiger partial charge in [-0.3, -0.25) is 4.90 Å². The SMILES string of the molecule is Cl.Cl.Oc1ccc(SC(F)(F)F)cc1[C@H](c1cccs1)N1CCNCC1. The van der Waals surface area contributed by atoms with E-state index in [1.165, 1.54) is 18.2 Å². The molecule has 3 nitrogen and oxygen atoms in total. The molecule has 1 aliphatic rings. The van der Waals surface area contributed by atoms with Crippen molar-refractivity contribution in [2.24, 2.45) is 0 Å². The van der Waals surface area contributed by atoms with Gasteiger partial charge in [0.2, 0.25) is 0 Å². The molecule has 2 aromatic rings. The zero-order valence-corrected chi connectivity index (χ0v) is 16.8. The largest absolute Gasteiger partial charge is 0.508 e. The number of phenolic OH excluding ortho intramolecular Hbond substituents is 1. The van der Waals surface area contributed by atoms with Crippen LogP contribution in [-0.4, -0.2) is 41.7 Å². The Morgan fingerprint density at radius 2 is 1.85 bits per heavy atom. The van der Waals surface area contributed by atoms with Crippen LogP contribution in [0.4, 0.5) is 13.2 Å². The number of aromatic hydroxyl groups is 1. The number of nitrogens with one attached hydrogen (secondary N) is 1. The predicted molar refractivity (Wildman–Crippen MR) is 105 cm³/mol. The minimum absolute atomic E-state index is 0. The molecule has 26 heavy (non-hydrogen) atoms.